The van der Waals surface area contributed by atoms with Crippen LogP contribution in [0.3, 0.4) is 0 Å². The van der Waals surface area contributed by atoms with E-state index in [4.69, 9.17) is 0 Å². The Morgan fingerprint density at radius 3 is 2.60 bits per heavy atom. The standard InChI is InChI=1S/C22H27F3N4O/c1-14-2-5-17(6-3-14)29-11-15(12-29)8-18(30)10-26-21-19-9-16(22(23,24)25)4-7-20(19)27-13-28-21/h4,7,9,13-15,17H,2-3,5-6,8,10-12H2,1H3,(H,26,27,28). The molecule has 1 aromatic carbocycles. The molecule has 2 aliphatic rings. The fourth-order valence-electron chi connectivity index (χ4n) is 4.59. The average Bonchev–Trinajstić information content (AvgIpc) is 2.68. The minimum atomic E-state index is -4.44. The summed E-state index contributed by atoms with van der Waals surface area (Å²) in [4.78, 5) is 23.0. The molecule has 1 saturated heterocycles. The van der Waals surface area contributed by atoms with Gasteiger partial charge in [-0.1, -0.05) is 6.92 Å². The maximum absolute atomic E-state index is 13.0. The number of nitrogens with zero attached hydrogens (tertiary/aromatic N) is 3. The van der Waals surface area contributed by atoms with E-state index >= 15 is 0 Å². The van der Waals surface area contributed by atoms with Gasteiger partial charge >= 0.3 is 6.18 Å². The van der Waals surface area contributed by atoms with Crippen LogP contribution in [0.25, 0.3) is 10.9 Å². The van der Waals surface area contributed by atoms with Crippen molar-refractivity contribution in [1.82, 2.24) is 14.9 Å². The van der Waals surface area contributed by atoms with Crippen LogP contribution in [0.2, 0.25) is 0 Å². The summed E-state index contributed by atoms with van der Waals surface area (Å²) in [7, 11) is 0. The molecular formula is C22H27F3N4O. The van der Waals surface area contributed by atoms with Gasteiger partial charge in [0.05, 0.1) is 17.6 Å². The molecule has 30 heavy (non-hydrogen) atoms. The second-order valence-electron chi connectivity index (χ2n) is 8.78. The van der Waals surface area contributed by atoms with Gasteiger partial charge in [-0.2, -0.15) is 13.2 Å². The number of hydrogen-bond acceptors (Lipinski definition) is 5. The molecule has 0 spiro atoms. The van der Waals surface area contributed by atoms with Crippen LogP contribution < -0.4 is 5.32 Å². The molecule has 1 aromatic heterocycles. The first-order chi connectivity index (χ1) is 14.3. The summed E-state index contributed by atoms with van der Waals surface area (Å²) in [6.07, 6.45) is 2.42. The quantitative estimate of drug-likeness (QED) is 0.744. The van der Waals surface area contributed by atoms with Crippen molar-refractivity contribution in [3.8, 4) is 0 Å². The van der Waals surface area contributed by atoms with E-state index < -0.39 is 11.7 Å². The summed E-state index contributed by atoms with van der Waals surface area (Å²) >= 11 is 0. The van der Waals surface area contributed by atoms with Crippen LogP contribution >= 0.6 is 0 Å². The van der Waals surface area contributed by atoms with Gasteiger partial charge in [0, 0.05) is 30.9 Å². The summed E-state index contributed by atoms with van der Waals surface area (Å²) in [5.41, 5.74) is -0.352. The highest BCUT2D eigenvalue weighted by Crippen LogP contribution is 2.33. The second-order valence-corrected chi connectivity index (χ2v) is 8.78. The molecule has 5 nitrogen and oxygen atoms in total. The Bertz CT molecular complexity index is 903. The zero-order valence-electron chi connectivity index (χ0n) is 17.1. The Labute approximate surface area is 174 Å². The molecule has 8 heteroatoms. The second kappa shape index (κ2) is 8.49. The number of halogens is 3. The van der Waals surface area contributed by atoms with Gasteiger partial charge in [-0.15, -0.1) is 0 Å². The number of fused-ring (bicyclic) bond motifs is 1. The summed E-state index contributed by atoms with van der Waals surface area (Å²) in [5, 5.41) is 3.18. The number of Topliss-reactive ketones (excluding diaryl/α,β-unsaturated/α-hetero) is 1. The lowest BCUT2D eigenvalue weighted by Crippen LogP contribution is -2.53. The van der Waals surface area contributed by atoms with Gasteiger partial charge in [0.15, 0.2) is 5.78 Å². The fourth-order valence-corrected chi connectivity index (χ4v) is 4.59. The topological polar surface area (TPSA) is 58.1 Å². The van der Waals surface area contributed by atoms with Crippen LogP contribution in [-0.2, 0) is 11.0 Å². The zero-order chi connectivity index (χ0) is 21.3. The van der Waals surface area contributed by atoms with Crippen molar-refractivity contribution >= 4 is 22.5 Å². The number of aromatic nitrogens is 2. The third-order valence-corrected chi connectivity index (χ3v) is 6.42. The van der Waals surface area contributed by atoms with Crippen molar-refractivity contribution in [2.75, 3.05) is 25.0 Å². The minimum absolute atomic E-state index is 0.0515. The maximum atomic E-state index is 13.0. The van der Waals surface area contributed by atoms with Crippen LogP contribution in [0.5, 0.6) is 0 Å². The third-order valence-electron chi connectivity index (χ3n) is 6.42. The van der Waals surface area contributed by atoms with Gasteiger partial charge in [0.1, 0.15) is 12.1 Å². The minimum Gasteiger partial charge on any atom is -0.362 e. The van der Waals surface area contributed by atoms with Crippen LogP contribution in [-0.4, -0.2) is 46.3 Å². The first-order valence-corrected chi connectivity index (χ1v) is 10.6. The molecule has 162 valence electrons. The number of alkyl halides is 3. The smallest absolute Gasteiger partial charge is 0.362 e. The molecule has 0 amide bonds. The van der Waals surface area contributed by atoms with Crippen LogP contribution in [0, 0.1) is 11.8 Å². The lowest BCUT2D eigenvalue weighted by Gasteiger charge is -2.46. The van der Waals surface area contributed by atoms with Crippen LogP contribution in [0.4, 0.5) is 19.0 Å². The Hall–Kier alpha value is -2.22. The average molecular weight is 420 g/mol. The lowest BCUT2D eigenvalue weighted by molar-refractivity contribution is -0.137. The Morgan fingerprint density at radius 1 is 1.17 bits per heavy atom. The van der Waals surface area contributed by atoms with E-state index in [1.165, 1.54) is 38.1 Å². The summed E-state index contributed by atoms with van der Waals surface area (Å²) in [5.74, 6) is 1.51. The number of likely N-dealkylation sites (tertiary alicyclic amines) is 1. The van der Waals surface area contributed by atoms with Gasteiger partial charge in [0.25, 0.3) is 0 Å². The summed E-state index contributed by atoms with van der Waals surface area (Å²) < 4.78 is 39.0. The van der Waals surface area contributed by atoms with Crippen molar-refractivity contribution in [3.05, 3.63) is 30.1 Å². The first kappa shape index (κ1) is 21.0. The summed E-state index contributed by atoms with van der Waals surface area (Å²) in [6.45, 7) is 4.30. The van der Waals surface area contributed by atoms with Gasteiger partial charge < -0.3 is 5.32 Å². The number of anilines is 1. The number of rotatable bonds is 6. The van der Waals surface area contributed by atoms with E-state index in [-0.39, 0.29) is 23.5 Å². The van der Waals surface area contributed by atoms with E-state index in [0.29, 0.717) is 23.9 Å². The first-order valence-electron chi connectivity index (χ1n) is 10.6. The van der Waals surface area contributed by atoms with E-state index in [2.05, 4.69) is 27.1 Å². The van der Waals surface area contributed by atoms with Gasteiger partial charge in [-0.25, -0.2) is 9.97 Å². The number of carbonyl (C=O) groups is 1. The van der Waals surface area contributed by atoms with Crippen molar-refractivity contribution in [2.24, 2.45) is 11.8 Å². The molecule has 1 saturated carbocycles. The predicted octanol–water partition coefficient (Wildman–Crippen LogP) is 4.53. The number of nitrogens with one attached hydrogen (secondary N) is 1. The van der Waals surface area contributed by atoms with E-state index in [9.17, 15) is 18.0 Å². The lowest BCUT2D eigenvalue weighted by atomic mass is 9.83. The molecule has 0 radical (unpaired) electrons. The van der Waals surface area contributed by atoms with Crippen molar-refractivity contribution in [2.45, 2.75) is 51.2 Å². The number of ketones is 1. The zero-order valence-corrected chi connectivity index (χ0v) is 17.1. The van der Waals surface area contributed by atoms with Crippen LogP contribution in [0.15, 0.2) is 24.5 Å². The molecule has 1 N–H and O–H groups in total. The summed E-state index contributed by atoms with van der Waals surface area (Å²) in [6, 6.07) is 4.01. The van der Waals surface area contributed by atoms with Gasteiger partial charge in [-0.05, 0) is 55.7 Å². The van der Waals surface area contributed by atoms with Crippen molar-refractivity contribution in [3.63, 3.8) is 0 Å². The highest BCUT2D eigenvalue weighted by Gasteiger charge is 2.34. The maximum Gasteiger partial charge on any atom is 0.416 e. The monoisotopic (exact) mass is 420 g/mol. The van der Waals surface area contributed by atoms with Crippen molar-refractivity contribution < 1.29 is 18.0 Å². The molecule has 2 aromatic rings. The SMILES string of the molecule is CC1CCC(N2CC(CC(=O)CNc3ncnc4ccc(C(F)(F)F)cc34)C2)CC1. The fraction of sp³-hybridized carbons (Fsp3) is 0.591. The third kappa shape index (κ3) is 4.74. The Morgan fingerprint density at radius 2 is 1.90 bits per heavy atom. The Kier molecular flexibility index (Phi) is 5.95. The van der Waals surface area contributed by atoms with E-state index in [0.717, 1.165) is 31.1 Å². The normalized spacial score (nSPS) is 23.3. The number of hydrogen-bond donors (Lipinski definition) is 1. The largest absolute Gasteiger partial charge is 0.416 e. The Balaban J connectivity index is 1.30. The molecule has 0 atom stereocenters. The highest BCUT2D eigenvalue weighted by molar-refractivity contribution is 5.91. The van der Waals surface area contributed by atoms with E-state index in [1.807, 2.05) is 0 Å². The molecule has 1 aliphatic carbocycles. The molecule has 2 fully saturated rings. The van der Waals surface area contributed by atoms with Gasteiger partial charge in [-0.3, -0.25) is 9.69 Å². The molecule has 0 bridgehead atoms. The van der Waals surface area contributed by atoms with Crippen molar-refractivity contribution in [1.29, 1.82) is 0 Å². The predicted molar refractivity (Wildman–Crippen MR) is 109 cm³/mol. The van der Waals surface area contributed by atoms with E-state index in [1.54, 1.807) is 0 Å². The van der Waals surface area contributed by atoms with Crippen LogP contribution in [0.1, 0.15) is 44.6 Å². The molecule has 0 unspecified atom stereocenters. The van der Waals surface area contributed by atoms with Gasteiger partial charge in [0.2, 0.25) is 0 Å². The molecule has 4 rings (SSSR count). The molecule has 1 aliphatic heterocycles. The number of benzene rings is 1. The highest BCUT2D eigenvalue weighted by atomic mass is 19.4. The molecule has 2 heterocycles. The number of carbonyl (C=O) groups excluding carboxylic acids is 1. The molecular weight excluding hydrogens is 393 g/mol.